The number of likely N-dealkylation sites (tertiary alicyclic amines) is 1. The van der Waals surface area contributed by atoms with Gasteiger partial charge in [-0.05, 0) is 18.9 Å². The van der Waals surface area contributed by atoms with Crippen LogP contribution in [0.4, 0.5) is 0 Å². The second-order valence-corrected chi connectivity index (χ2v) is 6.72. The van der Waals surface area contributed by atoms with E-state index in [1.165, 1.54) is 12.8 Å². The molecule has 4 heteroatoms. The second-order valence-electron chi connectivity index (χ2n) is 6.72. The molecule has 118 valence electrons. The lowest BCUT2D eigenvalue weighted by molar-refractivity contribution is -0.228. The molecule has 4 nitrogen and oxygen atoms in total. The van der Waals surface area contributed by atoms with Crippen molar-refractivity contribution >= 4 is 5.91 Å². The van der Waals surface area contributed by atoms with E-state index in [0.29, 0.717) is 12.5 Å². The van der Waals surface area contributed by atoms with Crippen molar-refractivity contribution in [1.82, 2.24) is 4.90 Å². The van der Waals surface area contributed by atoms with Crippen LogP contribution in [0.2, 0.25) is 0 Å². The molecule has 1 saturated carbocycles. The van der Waals surface area contributed by atoms with Crippen LogP contribution in [0.25, 0.3) is 0 Å². The third kappa shape index (κ3) is 2.50. The zero-order valence-corrected chi connectivity index (χ0v) is 12.9. The molecule has 1 aromatic rings. The van der Waals surface area contributed by atoms with E-state index in [1.807, 2.05) is 29.2 Å². The molecule has 22 heavy (non-hydrogen) atoms. The minimum Gasteiger partial charge on any atom is -0.462 e. The van der Waals surface area contributed by atoms with Crippen molar-refractivity contribution in [1.29, 1.82) is 0 Å². The molecule has 4 rings (SSSR count). The van der Waals surface area contributed by atoms with Gasteiger partial charge in [-0.15, -0.1) is 0 Å². The Morgan fingerprint density at radius 1 is 1.14 bits per heavy atom. The Balaban J connectivity index is 1.41. The van der Waals surface area contributed by atoms with Crippen LogP contribution < -0.4 is 4.74 Å². The summed E-state index contributed by atoms with van der Waals surface area (Å²) in [7, 11) is 0. The normalized spacial score (nSPS) is 24.1. The van der Waals surface area contributed by atoms with Crippen molar-refractivity contribution in [2.24, 2.45) is 5.92 Å². The first-order valence-corrected chi connectivity index (χ1v) is 8.45. The van der Waals surface area contributed by atoms with Crippen molar-refractivity contribution in [2.45, 2.75) is 50.9 Å². The third-order valence-electron chi connectivity index (χ3n) is 5.30. The molecular weight excluding hydrogens is 278 g/mol. The molecule has 0 N–H and O–H groups in total. The van der Waals surface area contributed by atoms with Crippen molar-refractivity contribution in [3.05, 3.63) is 29.8 Å². The van der Waals surface area contributed by atoms with Crippen LogP contribution in [0.1, 0.15) is 44.1 Å². The number of benzene rings is 1. The fourth-order valence-electron chi connectivity index (χ4n) is 3.91. The summed E-state index contributed by atoms with van der Waals surface area (Å²) < 4.78 is 12.2. The van der Waals surface area contributed by atoms with E-state index in [1.54, 1.807) is 0 Å². The predicted molar refractivity (Wildman–Crippen MR) is 82.4 cm³/mol. The van der Waals surface area contributed by atoms with Gasteiger partial charge >= 0.3 is 0 Å². The highest BCUT2D eigenvalue weighted by molar-refractivity contribution is 5.79. The van der Waals surface area contributed by atoms with Gasteiger partial charge in [0.15, 0.2) is 0 Å². The largest absolute Gasteiger partial charge is 0.462 e. The number of carbonyl (C=O) groups is 1. The highest BCUT2D eigenvalue weighted by atomic mass is 16.7. The van der Waals surface area contributed by atoms with E-state index in [-0.39, 0.29) is 5.92 Å². The minimum absolute atomic E-state index is 0.267. The van der Waals surface area contributed by atoms with Gasteiger partial charge in [0, 0.05) is 37.4 Å². The van der Waals surface area contributed by atoms with E-state index < -0.39 is 5.79 Å². The number of carbonyl (C=O) groups excluding carboxylic acids is 1. The van der Waals surface area contributed by atoms with Crippen LogP contribution >= 0.6 is 0 Å². The van der Waals surface area contributed by atoms with E-state index in [9.17, 15) is 4.79 Å². The third-order valence-corrected chi connectivity index (χ3v) is 5.30. The van der Waals surface area contributed by atoms with Crippen LogP contribution in [-0.4, -0.2) is 29.7 Å². The highest BCUT2D eigenvalue weighted by Gasteiger charge is 2.42. The molecule has 1 saturated heterocycles. The lowest BCUT2D eigenvalue weighted by Crippen LogP contribution is -2.53. The molecular formula is C18H23NO3. The van der Waals surface area contributed by atoms with E-state index in [0.717, 1.165) is 50.1 Å². The molecule has 2 aliphatic heterocycles. The number of fused-ring (bicyclic) bond motifs is 1. The van der Waals surface area contributed by atoms with Gasteiger partial charge in [0.05, 0.1) is 6.61 Å². The number of piperidine rings is 1. The summed E-state index contributed by atoms with van der Waals surface area (Å²) in [5, 5.41) is 0. The topological polar surface area (TPSA) is 38.8 Å². The number of hydrogen-bond acceptors (Lipinski definition) is 3. The number of para-hydroxylation sites is 1. The molecule has 2 fully saturated rings. The number of amides is 1. The molecule has 1 aliphatic carbocycles. The molecule has 1 amide bonds. The van der Waals surface area contributed by atoms with Gasteiger partial charge in [0.2, 0.25) is 11.7 Å². The number of hydrogen-bond donors (Lipinski definition) is 0. The summed E-state index contributed by atoms with van der Waals surface area (Å²) in [6.07, 6.45) is 6.08. The average molecular weight is 301 g/mol. The zero-order valence-electron chi connectivity index (χ0n) is 12.9. The summed E-state index contributed by atoms with van der Waals surface area (Å²) in [5.74, 6) is 1.02. The van der Waals surface area contributed by atoms with Gasteiger partial charge in [-0.1, -0.05) is 31.0 Å². The number of ether oxygens (including phenoxy) is 2. The van der Waals surface area contributed by atoms with E-state index in [2.05, 4.69) is 0 Å². The number of rotatable bonds is 1. The van der Waals surface area contributed by atoms with E-state index >= 15 is 0 Å². The van der Waals surface area contributed by atoms with Crippen LogP contribution in [0.3, 0.4) is 0 Å². The smallest absolute Gasteiger partial charge is 0.225 e. The maximum Gasteiger partial charge on any atom is 0.225 e. The molecule has 1 spiro atoms. The maximum atomic E-state index is 12.5. The van der Waals surface area contributed by atoms with Crippen molar-refractivity contribution in [3.63, 3.8) is 0 Å². The van der Waals surface area contributed by atoms with E-state index in [4.69, 9.17) is 9.47 Å². The average Bonchev–Trinajstić information content (AvgIpc) is 3.09. The van der Waals surface area contributed by atoms with Gasteiger partial charge in [-0.3, -0.25) is 4.79 Å². The SMILES string of the molecule is O=C(C1CCCC1)N1CCC2(CC1)OCc1ccccc1O2. The number of nitrogens with zero attached hydrogens (tertiary/aromatic N) is 1. The van der Waals surface area contributed by atoms with Crippen molar-refractivity contribution in [2.75, 3.05) is 13.1 Å². The zero-order chi connectivity index (χ0) is 15.0. The molecule has 0 radical (unpaired) electrons. The van der Waals surface area contributed by atoms with Crippen LogP contribution in [0.5, 0.6) is 5.75 Å². The lowest BCUT2D eigenvalue weighted by Gasteiger charge is -2.44. The van der Waals surface area contributed by atoms with Crippen molar-refractivity contribution in [3.8, 4) is 5.75 Å². The Morgan fingerprint density at radius 2 is 1.86 bits per heavy atom. The Kier molecular flexibility index (Phi) is 3.57. The summed E-state index contributed by atoms with van der Waals surface area (Å²) in [4.78, 5) is 14.5. The standard InChI is InChI=1S/C18H23NO3/c20-17(14-5-1-2-6-14)19-11-9-18(10-12-19)21-13-15-7-3-4-8-16(15)22-18/h3-4,7-8,14H,1-2,5-6,9-13H2. The molecule has 0 bridgehead atoms. The predicted octanol–water partition coefficient (Wildman–Crippen LogP) is 3.10. The Morgan fingerprint density at radius 3 is 2.64 bits per heavy atom. The van der Waals surface area contributed by atoms with Gasteiger partial charge in [-0.25, -0.2) is 0 Å². The fourth-order valence-corrected chi connectivity index (χ4v) is 3.91. The van der Waals surface area contributed by atoms with Gasteiger partial charge in [0.25, 0.3) is 0 Å². The van der Waals surface area contributed by atoms with Crippen LogP contribution in [0, 0.1) is 5.92 Å². The van der Waals surface area contributed by atoms with Crippen LogP contribution in [-0.2, 0) is 16.1 Å². The lowest BCUT2D eigenvalue weighted by atomic mass is 9.99. The molecule has 2 heterocycles. The first kappa shape index (κ1) is 14.1. The summed E-state index contributed by atoms with van der Waals surface area (Å²) in [5.41, 5.74) is 1.11. The Bertz CT molecular complexity index is 557. The van der Waals surface area contributed by atoms with Gasteiger partial charge in [-0.2, -0.15) is 0 Å². The Labute approximate surface area is 131 Å². The second kappa shape index (κ2) is 5.58. The molecule has 0 atom stereocenters. The van der Waals surface area contributed by atoms with Gasteiger partial charge in [0.1, 0.15) is 5.75 Å². The monoisotopic (exact) mass is 301 g/mol. The van der Waals surface area contributed by atoms with Crippen LogP contribution in [0.15, 0.2) is 24.3 Å². The van der Waals surface area contributed by atoms with Crippen molar-refractivity contribution < 1.29 is 14.3 Å². The molecule has 0 unspecified atom stereocenters. The maximum absolute atomic E-state index is 12.5. The summed E-state index contributed by atoms with van der Waals surface area (Å²) in [6.45, 7) is 2.10. The molecule has 1 aromatic carbocycles. The summed E-state index contributed by atoms with van der Waals surface area (Å²) >= 11 is 0. The first-order valence-electron chi connectivity index (χ1n) is 8.45. The Hall–Kier alpha value is -1.55. The fraction of sp³-hybridized carbons (Fsp3) is 0.611. The molecule has 0 aromatic heterocycles. The summed E-state index contributed by atoms with van der Waals surface area (Å²) in [6, 6.07) is 8.06. The van der Waals surface area contributed by atoms with Gasteiger partial charge < -0.3 is 14.4 Å². The minimum atomic E-state index is -0.527. The highest BCUT2D eigenvalue weighted by Crippen LogP contribution is 2.38. The first-order chi connectivity index (χ1) is 10.8. The molecule has 3 aliphatic rings. The quantitative estimate of drug-likeness (QED) is 0.800.